The summed E-state index contributed by atoms with van der Waals surface area (Å²) in [5, 5.41) is 0. The van der Waals surface area contributed by atoms with Crippen LogP contribution in [-0.2, 0) is 9.53 Å². The van der Waals surface area contributed by atoms with E-state index in [2.05, 4.69) is 64.0 Å². The van der Waals surface area contributed by atoms with Crippen molar-refractivity contribution in [3.8, 4) is 33.5 Å². The molecular weight excluding hydrogens is 408 g/mol. The number of nitrogens with zero attached hydrogens (tertiary/aromatic N) is 2. The van der Waals surface area contributed by atoms with Crippen LogP contribution in [0.15, 0.2) is 109 Å². The summed E-state index contributed by atoms with van der Waals surface area (Å²) in [6, 6.07) is 30.8. The molecule has 0 aliphatic rings. The maximum Gasteiger partial charge on any atom is 0.330 e. The minimum Gasteiger partial charge on any atom is -0.466 e. The lowest BCUT2D eigenvalue weighted by Crippen LogP contribution is -1.93. The molecule has 4 heteroatoms. The monoisotopic (exact) mass is 430 g/mol. The molecule has 2 aromatic heterocycles. The first-order valence-electron chi connectivity index (χ1n) is 10.7. The van der Waals surface area contributed by atoms with Gasteiger partial charge in [0.15, 0.2) is 0 Å². The third-order valence-electron chi connectivity index (χ3n) is 5.56. The predicted molar refractivity (Wildman–Crippen MR) is 133 cm³/mol. The van der Waals surface area contributed by atoms with Crippen molar-refractivity contribution in [2.45, 2.75) is 0 Å². The first kappa shape index (κ1) is 20.5. The van der Waals surface area contributed by atoms with E-state index >= 15 is 0 Å². The number of carbonyl (C=O) groups excluding carboxylic acids is 1. The van der Waals surface area contributed by atoms with Crippen LogP contribution in [0.25, 0.3) is 45.2 Å². The van der Waals surface area contributed by atoms with E-state index in [4.69, 9.17) is 4.98 Å². The number of ether oxygens (including phenoxy) is 1. The summed E-state index contributed by atoms with van der Waals surface area (Å²) in [7, 11) is 1.37. The molecule has 0 N–H and O–H groups in total. The van der Waals surface area contributed by atoms with E-state index in [0.717, 1.165) is 44.7 Å². The van der Waals surface area contributed by atoms with Crippen molar-refractivity contribution in [1.82, 2.24) is 9.38 Å². The first-order chi connectivity index (χ1) is 16.2. The van der Waals surface area contributed by atoms with E-state index in [0.29, 0.717) is 0 Å². The normalized spacial score (nSPS) is 11.2. The zero-order valence-corrected chi connectivity index (χ0v) is 18.2. The molecule has 3 aromatic carbocycles. The zero-order valence-electron chi connectivity index (χ0n) is 18.2. The molecule has 0 bridgehead atoms. The zero-order chi connectivity index (χ0) is 22.6. The highest BCUT2D eigenvalue weighted by Gasteiger charge is 2.13. The molecule has 0 unspecified atom stereocenters. The number of pyridine rings is 1. The molecule has 0 saturated heterocycles. The quantitative estimate of drug-likeness (QED) is 0.235. The Kier molecular flexibility index (Phi) is 5.56. The fourth-order valence-corrected chi connectivity index (χ4v) is 3.85. The molecule has 0 spiro atoms. The summed E-state index contributed by atoms with van der Waals surface area (Å²) in [6.45, 7) is 0. The average molecular weight is 431 g/mol. The van der Waals surface area contributed by atoms with Gasteiger partial charge in [0.2, 0.25) is 0 Å². The Bertz CT molecular complexity index is 1430. The Hall–Kier alpha value is -4.44. The number of benzene rings is 3. The summed E-state index contributed by atoms with van der Waals surface area (Å²) in [6.07, 6.45) is 7.37. The maximum atomic E-state index is 11.4. The van der Waals surface area contributed by atoms with Gasteiger partial charge in [-0.1, -0.05) is 84.9 Å². The van der Waals surface area contributed by atoms with Gasteiger partial charge in [0.05, 0.1) is 12.8 Å². The molecule has 5 aromatic rings. The van der Waals surface area contributed by atoms with Gasteiger partial charge in [-0.3, -0.25) is 0 Å². The van der Waals surface area contributed by atoms with Crippen molar-refractivity contribution < 1.29 is 9.53 Å². The molecule has 33 heavy (non-hydrogen) atoms. The second-order valence-corrected chi connectivity index (χ2v) is 7.71. The van der Waals surface area contributed by atoms with Crippen molar-refractivity contribution in [3.63, 3.8) is 0 Å². The topological polar surface area (TPSA) is 43.6 Å². The van der Waals surface area contributed by atoms with E-state index in [1.54, 1.807) is 6.08 Å². The highest BCUT2D eigenvalue weighted by Crippen LogP contribution is 2.32. The summed E-state index contributed by atoms with van der Waals surface area (Å²) in [5.74, 6) is -0.373. The number of imidazole rings is 1. The minimum absolute atomic E-state index is 0.373. The second kappa shape index (κ2) is 8.97. The van der Waals surface area contributed by atoms with Gasteiger partial charge in [-0.05, 0) is 34.4 Å². The lowest BCUT2D eigenvalue weighted by atomic mass is 10.0. The number of hydrogen-bond donors (Lipinski definition) is 0. The summed E-state index contributed by atoms with van der Waals surface area (Å²) >= 11 is 0. The van der Waals surface area contributed by atoms with Gasteiger partial charge in [-0.15, -0.1) is 0 Å². The number of aromatic nitrogens is 2. The minimum atomic E-state index is -0.373. The molecule has 0 saturated carbocycles. The van der Waals surface area contributed by atoms with E-state index in [-0.39, 0.29) is 5.97 Å². The smallest absolute Gasteiger partial charge is 0.330 e. The van der Waals surface area contributed by atoms with Crippen LogP contribution in [0.3, 0.4) is 0 Å². The van der Waals surface area contributed by atoms with E-state index in [1.807, 2.05) is 48.5 Å². The second-order valence-electron chi connectivity index (χ2n) is 7.71. The van der Waals surface area contributed by atoms with Crippen molar-refractivity contribution >= 4 is 17.7 Å². The van der Waals surface area contributed by atoms with Crippen molar-refractivity contribution in [2.24, 2.45) is 0 Å². The van der Waals surface area contributed by atoms with Crippen LogP contribution >= 0.6 is 0 Å². The largest absolute Gasteiger partial charge is 0.466 e. The van der Waals surface area contributed by atoms with Crippen molar-refractivity contribution in [2.75, 3.05) is 7.11 Å². The molecule has 0 aliphatic carbocycles. The van der Waals surface area contributed by atoms with Gasteiger partial charge in [-0.2, -0.15) is 0 Å². The molecule has 160 valence electrons. The van der Waals surface area contributed by atoms with Crippen molar-refractivity contribution in [1.29, 1.82) is 0 Å². The molecule has 0 amide bonds. The van der Waals surface area contributed by atoms with Gasteiger partial charge in [0.1, 0.15) is 5.65 Å². The summed E-state index contributed by atoms with van der Waals surface area (Å²) in [4.78, 5) is 16.4. The number of esters is 1. The highest BCUT2D eigenvalue weighted by molar-refractivity contribution is 5.88. The fourth-order valence-electron chi connectivity index (χ4n) is 3.85. The van der Waals surface area contributed by atoms with Crippen LogP contribution in [0.2, 0.25) is 0 Å². The van der Waals surface area contributed by atoms with Gasteiger partial charge in [0.25, 0.3) is 0 Å². The van der Waals surface area contributed by atoms with Crippen LogP contribution in [0, 0.1) is 0 Å². The average Bonchev–Trinajstić information content (AvgIpc) is 3.32. The molecular formula is C29H22N2O2. The lowest BCUT2D eigenvalue weighted by Gasteiger charge is -2.09. The highest BCUT2D eigenvalue weighted by atomic mass is 16.5. The fraction of sp³-hybridized carbons (Fsp3) is 0.0345. The number of fused-ring (bicyclic) bond motifs is 1. The van der Waals surface area contributed by atoms with Crippen molar-refractivity contribution in [3.05, 3.63) is 115 Å². The van der Waals surface area contributed by atoms with E-state index < -0.39 is 0 Å². The van der Waals surface area contributed by atoms with Crippen LogP contribution < -0.4 is 0 Å². The Morgan fingerprint density at radius 3 is 2.12 bits per heavy atom. The van der Waals surface area contributed by atoms with Gasteiger partial charge in [0, 0.05) is 29.6 Å². The maximum absolute atomic E-state index is 11.4. The number of carbonyl (C=O) groups is 1. The standard InChI is InChI=1S/C29H22N2O2/c1-33-28(32)17-14-21-12-15-23(16-13-21)26-18-25(22-8-4-2-5-9-22)19-31-20-27(30-29(26)31)24-10-6-3-7-11-24/h2-20H,1H3. The third kappa shape index (κ3) is 4.32. The van der Waals surface area contributed by atoms with Gasteiger partial charge >= 0.3 is 5.97 Å². The van der Waals surface area contributed by atoms with E-state index in [9.17, 15) is 4.79 Å². The molecule has 0 fully saturated rings. The number of rotatable bonds is 5. The van der Waals surface area contributed by atoms with Crippen LogP contribution in [-0.4, -0.2) is 22.5 Å². The molecule has 2 heterocycles. The number of hydrogen-bond acceptors (Lipinski definition) is 3. The molecule has 0 aliphatic heterocycles. The molecule has 5 rings (SSSR count). The molecule has 0 atom stereocenters. The van der Waals surface area contributed by atoms with E-state index in [1.165, 1.54) is 13.2 Å². The van der Waals surface area contributed by atoms with Crippen LogP contribution in [0.4, 0.5) is 0 Å². The lowest BCUT2D eigenvalue weighted by molar-refractivity contribution is -0.134. The summed E-state index contributed by atoms with van der Waals surface area (Å²) < 4.78 is 6.77. The third-order valence-corrected chi connectivity index (χ3v) is 5.56. The molecule has 0 radical (unpaired) electrons. The van der Waals surface area contributed by atoms with Crippen LogP contribution in [0.5, 0.6) is 0 Å². The van der Waals surface area contributed by atoms with Gasteiger partial charge in [-0.25, -0.2) is 9.78 Å². The Morgan fingerprint density at radius 2 is 1.45 bits per heavy atom. The SMILES string of the molecule is COC(=O)C=Cc1ccc(-c2cc(-c3ccccc3)cn3cc(-c4ccccc4)nc23)cc1. The Balaban J connectivity index is 1.64. The predicted octanol–water partition coefficient (Wildman–Crippen LogP) is 6.52. The molecule has 4 nitrogen and oxygen atoms in total. The van der Waals surface area contributed by atoms with Gasteiger partial charge < -0.3 is 9.14 Å². The summed E-state index contributed by atoms with van der Waals surface area (Å²) in [5.41, 5.74) is 8.19. The Morgan fingerprint density at radius 1 is 0.788 bits per heavy atom. The Labute approximate surface area is 192 Å². The number of methoxy groups -OCH3 is 1. The van der Waals surface area contributed by atoms with Crippen LogP contribution in [0.1, 0.15) is 5.56 Å². The first-order valence-corrected chi connectivity index (χ1v) is 10.7.